The second-order valence-corrected chi connectivity index (χ2v) is 5.01. The smallest absolute Gasteiger partial charge is 0.136 e. The zero-order valence-corrected chi connectivity index (χ0v) is 10.6. The van der Waals surface area contributed by atoms with Gasteiger partial charge in [-0.15, -0.1) is 0 Å². The molecule has 0 spiro atoms. The molecule has 4 heteroatoms. The Hall–Kier alpha value is -0.320. The highest BCUT2D eigenvalue weighted by Gasteiger charge is 2.33. The van der Waals surface area contributed by atoms with E-state index in [1.807, 2.05) is 20.2 Å². The Morgan fingerprint density at radius 2 is 2.07 bits per heavy atom. The van der Waals surface area contributed by atoms with Crippen molar-refractivity contribution in [1.82, 2.24) is 4.90 Å². The van der Waals surface area contributed by atoms with E-state index in [1.54, 1.807) is 6.26 Å². The molecule has 0 saturated heterocycles. The third-order valence-corrected chi connectivity index (χ3v) is 3.50. The Bertz CT molecular complexity index is 307. The van der Waals surface area contributed by atoms with Crippen LogP contribution in [-0.2, 0) is 0 Å². The summed E-state index contributed by atoms with van der Waals surface area (Å²) < 4.78 is 6.29. The first kappa shape index (κ1) is 11.8. The first-order chi connectivity index (χ1) is 6.37. The van der Waals surface area contributed by atoms with Crippen molar-refractivity contribution >= 4 is 15.9 Å². The van der Waals surface area contributed by atoms with Crippen molar-refractivity contribution in [3.8, 4) is 0 Å². The molecule has 0 aliphatic rings. The fourth-order valence-electron chi connectivity index (χ4n) is 1.13. The minimum Gasteiger partial charge on any atom is -0.466 e. The van der Waals surface area contributed by atoms with Gasteiger partial charge in [-0.2, -0.15) is 0 Å². The molecule has 14 heavy (non-hydrogen) atoms. The molecule has 1 heterocycles. The average Bonchev–Trinajstić information content (AvgIpc) is 2.49. The van der Waals surface area contributed by atoms with E-state index in [2.05, 4.69) is 34.7 Å². The van der Waals surface area contributed by atoms with Crippen molar-refractivity contribution < 1.29 is 4.42 Å². The van der Waals surface area contributed by atoms with Gasteiger partial charge in [0.15, 0.2) is 0 Å². The Labute approximate surface area is 93.4 Å². The fraction of sp³-hybridized carbons (Fsp3) is 0.600. The highest BCUT2D eigenvalue weighted by Crippen LogP contribution is 2.32. The third-order valence-electron chi connectivity index (χ3n) is 2.84. The van der Waals surface area contributed by atoms with E-state index >= 15 is 0 Å². The number of furan rings is 1. The summed E-state index contributed by atoms with van der Waals surface area (Å²) in [6.07, 6.45) is 1.64. The summed E-state index contributed by atoms with van der Waals surface area (Å²) in [5.74, 6) is 0.795. The van der Waals surface area contributed by atoms with Crippen LogP contribution in [0.1, 0.15) is 25.6 Å². The first-order valence-electron chi connectivity index (χ1n) is 4.53. The second kappa shape index (κ2) is 4.04. The molecule has 1 aromatic heterocycles. The van der Waals surface area contributed by atoms with Crippen LogP contribution >= 0.6 is 15.9 Å². The van der Waals surface area contributed by atoms with Gasteiger partial charge in [0.05, 0.1) is 16.8 Å². The summed E-state index contributed by atoms with van der Waals surface area (Å²) in [7, 11) is 4.02. The van der Waals surface area contributed by atoms with E-state index < -0.39 is 0 Å². The first-order valence-corrected chi connectivity index (χ1v) is 5.32. The lowest BCUT2D eigenvalue weighted by molar-refractivity contribution is 0.146. The van der Waals surface area contributed by atoms with Gasteiger partial charge in [-0.3, -0.25) is 0 Å². The molecule has 0 fully saturated rings. The van der Waals surface area contributed by atoms with E-state index in [0.29, 0.717) is 0 Å². The largest absolute Gasteiger partial charge is 0.466 e. The Morgan fingerprint density at radius 1 is 1.50 bits per heavy atom. The molecule has 2 N–H and O–H groups in total. The summed E-state index contributed by atoms with van der Waals surface area (Å²) in [6, 6.07) is 1.71. The SMILES string of the molecule is CN(C)C(C)(C)C(N)c1occc1Br. The topological polar surface area (TPSA) is 42.4 Å². The van der Waals surface area contributed by atoms with Crippen LogP contribution in [0.5, 0.6) is 0 Å². The minimum atomic E-state index is -0.151. The zero-order chi connectivity index (χ0) is 10.9. The van der Waals surface area contributed by atoms with Crippen molar-refractivity contribution in [2.75, 3.05) is 14.1 Å². The van der Waals surface area contributed by atoms with Crippen LogP contribution < -0.4 is 5.73 Å². The standard InChI is InChI=1S/C10H17BrN2O/c1-10(2,13(3)4)9(12)8-7(11)5-6-14-8/h5-6,9H,12H2,1-4H3. The predicted octanol–water partition coefficient (Wildman–Crippen LogP) is 2.38. The minimum absolute atomic E-state index is 0.139. The monoisotopic (exact) mass is 260 g/mol. The zero-order valence-electron chi connectivity index (χ0n) is 9.04. The Balaban J connectivity index is 2.96. The summed E-state index contributed by atoms with van der Waals surface area (Å²) in [6.45, 7) is 4.18. The van der Waals surface area contributed by atoms with Crippen LogP contribution in [0, 0.1) is 0 Å². The van der Waals surface area contributed by atoms with Gasteiger partial charge in [0.1, 0.15) is 5.76 Å². The molecule has 0 aliphatic heterocycles. The van der Waals surface area contributed by atoms with Crippen LogP contribution in [0.3, 0.4) is 0 Å². The van der Waals surface area contributed by atoms with Gasteiger partial charge in [0.2, 0.25) is 0 Å². The van der Waals surface area contributed by atoms with Gasteiger partial charge in [-0.25, -0.2) is 0 Å². The molecule has 1 rings (SSSR count). The van der Waals surface area contributed by atoms with E-state index in [1.165, 1.54) is 0 Å². The lowest BCUT2D eigenvalue weighted by Gasteiger charge is -2.37. The number of rotatable bonds is 3. The maximum Gasteiger partial charge on any atom is 0.136 e. The summed E-state index contributed by atoms with van der Waals surface area (Å²) in [4.78, 5) is 2.09. The summed E-state index contributed by atoms with van der Waals surface area (Å²) in [5.41, 5.74) is 6.02. The quantitative estimate of drug-likeness (QED) is 0.908. The maximum atomic E-state index is 6.15. The molecular weight excluding hydrogens is 244 g/mol. The van der Waals surface area contributed by atoms with Crippen LogP contribution in [0.15, 0.2) is 21.2 Å². The molecular formula is C10H17BrN2O. The molecule has 0 saturated carbocycles. The average molecular weight is 261 g/mol. The van der Waals surface area contributed by atoms with Gasteiger partial charge in [0, 0.05) is 5.54 Å². The highest BCUT2D eigenvalue weighted by atomic mass is 79.9. The van der Waals surface area contributed by atoms with Crippen LogP contribution in [-0.4, -0.2) is 24.5 Å². The van der Waals surface area contributed by atoms with Crippen LogP contribution in [0.4, 0.5) is 0 Å². The van der Waals surface area contributed by atoms with Gasteiger partial charge in [-0.05, 0) is 49.9 Å². The normalized spacial score (nSPS) is 14.8. The van der Waals surface area contributed by atoms with Crippen LogP contribution in [0.2, 0.25) is 0 Å². The molecule has 3 nitrogen and oxygen atoms in total. The molecule has 0 bridgehead atoms. The second-order valence-electron chi connectivity index (χ2n) is 4.16. The number of hydrogen-bond acceptors (Lipinski definition) is 3. The lowest BCUT2D eigenvalue weighted by Crippen LogP contribution is -2.47. The Kier molecular flexibility index (Phi) is 3.40. The van der Waals surface area contributed by atoms with Crippen molar-refractivity contribution in [2.45, 2.75) is 25.4 Å². The van der Waals surface area contributed by atoms with Gasteiger partial charge >= 0.3 is 0 Å². The fourth-order valence-corrected chi connectivity index (χ4v) is 1.57. The predicted molar refractivity (Wildman–Crippen MR) is 61.1 cm³/mol. The molecule has 1 atom stereocenters. The van der Waals surface area contributed by atoms with Gasteiger partial charge < -0.3 is 15.1 Å². The number of nitrogens with zero attached hydrogens (tertiary/aromatic N) is 1. The highest BCUT2D eigenvalue weighted by molar-refractivity contribution is 9.10. The maximum absolute atomic E-state index is 6.15. The van der Waals surface area contributed by atoms with Crippen LogP contribution in [0.25, 0.3) is 0 Å². The Morgan fingerprint density at radius 3 is 2.43 bits per heavy atom. The van der Waals surface area contributed by atoms with E-state index in [4.69, 9.17) is 10.2 Å². The third kappa shape index (κ3) is 2.02. The van der Waals surface area contributed by atoms with E-state index in [9.17, 15) is 0 Å². The summed E-state index contributed by atoms with van der Waals surface area (Å²) in [5, 5.41) is 0. The molecule has 0 radical (unpaired) electrons. The van der Waals surface area contributed by atoms with Crippen molar-refractivity contribution in [3.05, 3.63) is 22.6 Å². The molecule has 80 valence electrons. The number of hydrogen-bond donors (Lipinski definition) is 1. The molecule has 0 aromatic carbocycles. The molecule has 0 amide bonds. The van der Waals surface area contributed by atoms with Gasteiger partial charge in [0.25, 0.3) is 0 Å². The van der Waals surface area contributed by atoms with Crippen molar-refractivity contribution in [1.29, 1.82) is 0 Å². The number of likely N-dealkylation sites (N-methyl/N-ethyl adjacent to an activating group) is 1. The number of halogens is 1. The summed E-state index contributed by atoms with van der Waals surface area (Å²) >= 11 is 3.42. The van der Waals surface area contributed by atoms with Crippen molar-refractivity contribution in [2.24, 2.45) is 5.73 Å². The molecule has 1 unspecified atom stereocenters. The van der Waals surface area contributed by atoms with Gasteiger partial charge in [-0.1, -0.05) is 0 Å². The molecule has 0 aliphatic carbocycles. The van der Waals surface area contributed by atoms with E-state index in [0.717, 1.165) is 10.2 Å². The molecule has 1 aromatic rings. The number of nitrogens with two attached hydrogens (primary N) is 1. The lowest BCUT2D eigenvalue weighted by atomic mass is 9.92. The van der Waals surface area contributed by atoms with E-state index in [-0.39, 0.29) is 11.6 Å². The van der Waals surface area contributed by atoms with Crippen molar-refractivity contribution in [3.63, 3.8) is 0 Å².